The Morgan fingerprint density at radius 1 is 1.33 bits per heavy atom. The van der Waals surface area contributed by atoms with E-state index in [-0.39, 0.29) is 17.0 Å². The van der Waals surface area contributed by atoms with Gasteiger partial charge in [-0.3, -0.25) is 4.79 Å². The summed E-state index contributed by atoms with van der Waals surface area (Å²) in [6, 6.07) is 3.01. The average molecular weight is 314 g/mol. The minimum Gasteiger partial charge on any atom is -0.392 e. The van der Waals surface area contributed by atoms with E-state index >= 15 is 0 Å². The molecule has 0 radical (unpaired) electrons. The van der Waals surface area contributed by atoms with E-state index in [1.54, 1.807) is 26.8 Å². The molecule has 21 heavy (non-hydrogen) atoms. The zero-order valence-corrected chi connectivity index (χ0v) is 13.8. The van der Waals surface area contributed by atoms with Crippen LogP contribution in [0.1, 0.15) is 28.4 Å². The van der Waals surface area contributed by atoms with Gasteiger partial charge in [-0.1, -0.05) is 0 Å². The summed E-state index contributed by atoms with van der Waals surface area (Å²) in [6.07, 6.45) is -0.662. The number of rotatable bonds is 5. The highest BCUT2D eigenvalue weighted by Crippen LogP contribution is 2.23. The van der Waals surface area contributed by atoms with Crippen molar-refractivity contribution in [2.75, 3.05) is 20.6 Å². The smallest absolute Gasteiger partial charge is 0.251 e. The van der Waals surface area contributed by atoms with Gasteiger partial charge >= 0.3 is 0 Å². The van der Waals surface area contributed by atoms with Crippen molar-refractivity contribution < 1.29 is 18.3 Å². The third-order valence-corrected chi connectivity index (χ3v) is 5.14. The molecule has 0 aromatic heterocycles. The molecule has 0 saturated heterocycles. The largest absolute Gasteiger partial charge is 0.392 e. The molecule has 1 amide bonds. The maximum absolute atomic E-state index is 12.3. The van der Waals surface area contributed by atoms with Gasteiger partial charge in [-0.2, -0.15) is 0 Å². The first-order chi connectivity index (χ1) is 9.57. The van der Waals surface area contributed by atoms with Crippen molar-refractivity contribution in [2.45, 2.75) is 31.8 Å². The first-order valence-electron chi connectivity index (χ1n) is 6.57. The Labute approximate surface area is 125 Å². The lowest BCUT2D eigenvalue weighted by molar-refractivity contribution is 0.0923. The molecule has 0 heterocycles. The maximum atomic E-state index is 12.3. The molecule has 6 nitrogen and oxygen atoms in total. The van der Waals surface area contributed by atoms with Gasteiger partial charge in [-0.15, -0.1) is 0 Å². The second-order valence-corrected chi connectivity index (χ2v) is 7.38. The quantitative estimate of drug-likeness (QED) is 0.836. The van der Waals surface area contributed by atoms with E-state index in [4.69, 9.17) is 0 Å². The van der Waals surface area contributed by atoms with Crippen LogP contribution in [-0.2, 0) is 10.0 Å². The maximum Gasteiger partial charge on any atom is 0.251 e. The molecule has 118 valence electrons. The van der Waals surface area contributed by atoms with Crippen molar-refractivity contribution >= 4 is 15.9 Å². The minimum absolute atomic E-state index is 0.113. The van der Waals surface area contributed by atoms with Gasteiger partial charge in [0.1, 0.15) is 0 Å². The number of hydrogen-bond acceptors (Lipinski definition) is 4. The van der Waals surface area contributed by atoms with E-state index in [0.717, 1.165) is 9.87 Å². The van der Waals surface area contributed by atoms with E-state index in [2.05, 4.69) is 5.32 Å². The summed E-state index contributed by atoms with van der Waals surface area (Å²) < 4.78 is 25.7. The third-order valence-electron chi connectivity index (χ3n) is 3.20. The van der Waals surface area contributed by atoms with Gasteiger partial charge in [0, 0.05) is 26.2 Å². The molecule has 1 unspecified atom stereocenters. The normalized spacial score (nSPS) is 13.3. The number of amides is 1. The van der Waals surface area contributed by atoms with Crippen LogP contribution in [0.5, 0.6) is 0 Å². The number of carbonyl (C=O) groups is 1. The van der Waals surface area contributed by atoms with Crippen molar-refractivity contribution in [3.63, 3.8) is 0 Å². The highest BCUT2D eigenvalue weighted by Gasteiger charge is 2.22. The summed E-state index contributed by atoms with van der Waals surface area (Å²) in [5.74, 6) is -0.408. The van der Waals surface area contributed by atoms with Crippen LogP contribution >= 0.6 is 0 Å². The molecule has 0 aliphatic carbocycles. The van der Waals surface area contributed by atoms with Crippen LogP contribution in [0.3, 0.4) is 0 Å². The van der Waals surface area contributed by atoms with Crippen LogP contribution in [-0.4, -0.2) is 50.5 Å². The number of hydrogen-bond donors (Lipinski definition) is 2. The van der Waals surface area contributed by atoms with Gasteiger partial charge in [0.15, 0.2) is 0 Å². The summed E-state index contributed by atoms with van der Waals surface area (Å²) in [5, 5.41) is 11.7. The molecule has 0 saturated carbocycles. The number of benzene rings is 1. The van der Waals surface area contributed by atoms with Gasteiger partial charge in [-0.25, -0.2) is 12.7 Å². The van der Waals surface area contributed by atoms with Crippen LogP contribution in [0.25, 0.3) is 0 Å². The summed E-state index contributed by atoms with van der Waals surface area (Å²) in [7, 11) is -0.716. The topological polar surface area (TPSA) is 86.7 Å². The minimum atomic E-state index is -3.61. The monoisotopic (exact) mass is 314 g/mol. The van der Waals surface area contributed by atoms with Crippen LogP contribution in [0.4, 0.5) is 0 Å². The van der Waals surface area contributed by atoms with E-state index in [9.17, 15) is 18.3 Å². The summed E-state index contributed by atoms with van der Waals surface area (Å²) in [5.41, 5.74) is 1.61. The van der Waals surface area contributed by atoms with Gasteiger partial charge in [0.2, 0.25) is 10.0 Å². The molecular formula is C14H22N2O4S. The molecule has 1 aromatic rings. The van der Waals surface area contributed by atoms with Gasteiger partial charge in [0.25, 0.3) is 5.91 Å². The Morgan fingerprint density at radius 3 is 2.38 bits per heavy atom. The highest BCUT2D eigenvalue weighted by molar-refractivity contribution is 7.89. The SMILES string of the molecule is Cc1cc(C(=O)NCC(C)O)cc(S(=O)(=O)N(C)C)c1C. The van der Waals surface area contributed by atoms with E-state index in [1.807, 2.05) is 0 Å². The fourth-order valence-corrected chi connectivity index (χ4v) is 2.98. The standard InChI is InChI=1S/C14H22N2O4S/c1-9-6-12(14(18)15-8-10(2)17)7-13(11(9)3)21(19,20)16(4)5/h6-7,10,17H,8H2,1-5H3,(H,15,18). The molecule has 1 aromatic carbocycles. The fourth-order valence-electron chi connectivity index (χ4n) is 1.77. The van der Waals surface area contributed by atoms with Crippen molar-refractivity contribution in [1.29, 1.82) is 0 Å². The molecule has 1 rings (SSSR count). The summed E-state index contributed by atoms with van der Waals surface area (Å²) in [6.45, 7) is 5.14. The Morgan fingerprint density at radius 2 is 1.90 bits per heavy atom. The first-order valence-corrected chi connectivity index (χ1v) is 8.01. The molecule has 0 aliphatic rings. The predicted octanol–water partition coefficient (Wildman–Crippen LogP) is 0.664. The Hall–Kier alpha value is -1.44. The second-order valence-electron chi connectivity index (χ2n) is 5.26. The number of carbonyl (C=O) groups excluding carboxylic acids is 1. The fraction of sp³-hybridized carbons (Fsp3) is 0.500. The van der Waals surface area contributed by atoms with Gasteiger partial charge < -0.3 is 10.4 Å². The molecule has 7 heteroatoms. The Balaban J connectivity index is 3.28. The lowest BCUT2D eigenvalue weighted by Crippen LogP contribution is -2.31. The third kappa shape index (κ3) is 4.03. The molecule has 0 spiro atoms. The lowest BCUT2D eigenvalue weighted by atomic mass is 10.1. The van der Waals surface area contributed by atoms with Crippen LogP contribution < -0.4 is 5.32 Å². The second kappa shape index (κ2) is 6.55. The van der Waals surface area contributed by atoms with Crippen molar-refractivity contribution in [3.05, 3.63) is 28.8 Å². The zero-order valence-electron chi connectivity index (χ0n) is 13.0. The molecular weight excluding hydrogens is 292 g/mol. The van der Waals surface area contributed by atoms with E-state index in [0.29, 0.717) is 5.56 Å². The lowest BCUT2D eigenvalue weighted by Gasteiger charge is -2.16. The first kappa shape index (κ1) is 17.6. The predicted molar refractivity (Wildman–Crippen MR) is 80.8 cm³/mol. The van der Waals surface area contributed by atoms with Crippen LogP contribution in [0.2, 0.25) is 0 Å². The number of aliphatic hydroxyl groups excluding tert-OH is 1. The number of aryl methyl sites for hydroxylation is 1. The summed E-state index contributed by atoms with van der Waals surface area (Å²) >= 11 is 0. The number of nitrogens with one attached hydrogen (secondary N) is 1. The summed E-state index contributed by atoms with van der Waals surface area (Å²) in [4.78, 5) is 12.2. The molecule has 0 fully saturated rings. The number of nitrogens with zero attached hydrogens (tertiary/aromatic N) is 1. The average Bonchev–Trinajstić information content (AvgIpc) is 2.38. The van der Waals surface area contributed by atoms with Crippen molar-refractivity contribution in [1.82, 2.24) is 9.62 Å². The zero-order chi connectivity index (χ0) is 16.4. The Kier molecular flexibility index (Phi) is 5.49. The molecule has 2 N–H and O–H groups in total. The highest BCUT2D eigenvalue weighted by atomic mass is 32.2. The van der Waals surface area contributed by atoms with Crippen molar-refractivity contribution in [2.24, 2.45) is 0 Å². The van der Waals surface area contributed by atoms with Crippen LogP contribution in [0.15, 0.2) is 17.0 Å². The molecule has 0 aliphatic heterocycles. The molecule has 1 atom stereocenters. The number of aliphatic hydroxyl groups is 1. The van der Waals surface area contributed by atoms with Crippen molar-refractivity contribution in [3.8, 4) is 0 Å². The van der Waals surface area contributed by atoms with Gasteiger partial charge in [0.05, 0.1) is 11.0 Å². The van der Waals surface area contributed by atoms with E-state index < -0.39 is 22.0 Å². The van der Waals surface area contributed by atoms with Gasteiger partial charge in [-0.05, 0) is 44.0 Å². The van der Waals surface area contributed by atoms with E-state index in [1.165, 1.54) is 20.2 Å². The molecule has 0 bridgehead atoms. The Bertz CT molecular complexity index is 637. The number of sulfonamides is 1. The van der Waals surface area contributed by atoms with Crippen LogP contribution in [0, 0.1) is 13.8 Å².